The number of aromatic nitrogens is 3. The van der Waals surface area contributed by atoms with Gasteiger partial charge in [0.25, 0.3) is 10.0 Å². The van der Waals surface area contributed by atoms with Crippen LogP contribution in [0.3, 0.4) is 0 Å². The maximum atomic E-state index is 13.8. The summed E-state index contributed by atoms with van der Waals surface area (Å²) in [6.07, 6.45) is 2.83. The van der Waals surface area contributed by atoms with Crippen LogP contribution < -0.4 is 5.32 Å². The molecule has 0 saturated heterocycles. The summed E-state index contributed by atoms with van der Waals surface area (Å²) in [4.78, 5) is 23.7. The molecule has 4 rings (SSSR count). The third-order valence-electron chi connectivity index (χ3n) is 6.29. The van der Waals surface area contributed by atoms with Crippen LogP contribution in [0.1, 0.15) is 50.7 Å². The molecule has 10 heteroatoms. The second-order valence-electron chi connectivity index (χ2n) is 10.7. The first-order valence-electron chi connectivity index (χ1n) is 13.4. The number of carbonyl (C=O) groups excluding carboxylic acids is 1. The summed E-state index contributed by atoms with van der Waals surface area (Å²) in [5, 5.41) is 2.80. The van der Waals surface area contributed by atoms with Crippen LogP contribution in [-0.4, -0.2) is 52.0 Å². The predicted octanol–water partition coefficient (Wildman–Crippen LogP) is 5.28. The molecular formula is C30H37N5O4S. The number of alkyl carbamates (subject to hydrolysis) is 1. The van der Waals surface area contributed by atoms with Gasteiger partial charge >= 0.3 is 6.09 Å². The van der Waals surface area contributed by atoms with Crippen LogP contribution >= 0.6 is 0 Å². The first-order valence-corrected chi connectivity index (χ1v) is 14.9. The molecule has 0 unspecified atom stereocenters. The van der Waals surface area contributed by atoms with E-state index >= 15 is 0 Å². The van der Waals surface area contributed by atoms with Crippen molar-refractivity contribution in [2.45, 2.75) is 64.1 Å². The fourth-order valence-corrected chi connectivity index (χ4v) is 5.90. The van der Waals surface area contributed by atoms with E-state index in [9.17, 15) is 13.2 Å². The number of aryl methyl sites for hydroxylation is 1. The smallest absolute Gasteiger partial charge is 0.407 e. The number of carbonyl (C=O) groups is 1. The van der Waals surface area contributed by atoms with Crippen LogP contribution in [0.2, 0.25) is 0 Å². The lowest BCUT2D eigenvalue weighted by Gasteiger charge is -2.23. The molecule has 0 radical (unpaired) electrons. The van der Waals surface area contributed by atoms with Gasteiger partial charge in [-0.05, 0) is 83.0 Å². The Kier molecular flexibility index (Phi) is 9.21. The fraction of sp³-hybridized carbons (Fsp3) is 0.367. The molecule has 0 aliphatic heterocycles. The number of rotatable bonds is 11. The molecule has 0 bridgehead atoms. The normalized spacial score (nSPS) is 12.1. The van der Waals surface area contributed by atoms with E-state index in [0.29, 0.717) is 43.0 Å². The largest absolute Gasteiger partial charge is 0.444 e. The molecule has 40 heavy (non-hydrogen) atoms. The Bertz CT molecular complexity index is 1550. The molecule has 0 aliphatic rings. The lowest BCUT2D eigenvalue weighted by atomic mass is 10.2. The number of benzene rings is 2. The van der Waals surface area contributed by atoms with Crippen molar-refractivity contribution in [2.24, 2.45) is 0 Å². The highest BCUT2D eigenvalue weighted by Gasteiger charge is 2.25. The van der Waals surface area contributed by atoms with Crippen molar-refractivity contribution < 1.29 is 17.9 Å². The summed E-state index contributed by atoms with van der Waals surface area (Å²) in [6.45, 7) is 9.46. The lowest BCUT2D eigenvalue weighted by Crippen LogP contribution is -2.33. The Morgan fingerprint density at radius 2 is 1.70 bits per heavy atom. The Labute approximate surface area is 236 Å². The summed E-state index contributed by atoms with van der Waals surface area (Å²) >= 11 is 0. The average molecular weight is 564 g/mol. The molecule has 0 saturated carbocycles. The van der Waals surface area contributed by atoms with Crippen molar-refractivity contribution >= 4 is 27.1 Å². The topological polar surface area (TPSA) is 106 Å². The first kappa shape index (κ1) is 29.2. The molecule has 0 aliphatic carbocycles. The van der Waals surface area contributed by atoms with E-state index in [2.05, 4.69) is 15.2 Å². The summed E-state index contributed by atoms with van der Waals surface area (Å²) in [5.41, 5.74) is 2.59. The molecular weight excluding hydrogens is 526 g/mol. The molecule has 1 amide bonds. The number of pyridine rings is 1. The van der Waals surface area contributed by atoms with Crippen molar-refractivity contribution in [2.75, 3.05) is 13.1 Å². The number of ether oxygens (including phenoxy) is 1. The van der Waals surface area contributed by atoms with E-state index in [0.717, 1.165) is 24.1 Å². The van der Waals surface area contributed by atoms with Crippen LogP contribution in [0.25, 0.3) is 11.0 Å². The quantitative estimate of drug-likeness (QED) is 0.247. The summed E-state index contributed by atoms with van der Waals surface area (Å²) in [5.74, 6) is 0.436. The van der Waals surface area contributed by atoms with Crippen molar-refractivity contribution in [3.8, 4) is 0 Å². The minimum Gasteiger partial charge on any atom is -0.444 e. The SMILES string of the molecule is Cc1cccnc1CN(CCCCNC(=O)OC(C)(C)C)Cc1nc2ccccc2n1S(=O)(=O)c1ccccc1. The number of imidazole rings is 1. The van der Waals surface area contributed by atoms with E-state index in [1.807, 2.05) is 58.0 Å². The summed E-state index contributed by atoms with van der Waals surface area (Å²) in [6, 6.07) is 19.6. The molecule has 212 valence electrons. The molecule has 2 heterocycles. The van der Waals surface area contributed by atoms with E-state index in [-0.39, 0.29) is 4.90 Å². The third-order valence-corrected chi connectivity index (χ3v) is 8.05. The summed E-state index contributed by atoms with van der Waals surface area (Å²) in [7, 11) is -3.88. The van der Waals surface area contributed by atoms with Crippen LogP contribution in [0.4, 0.5) is 4.79 Å². The lowest BCUT2D eigenvalue weighted by molar-refractivity contribution is 0.0526. The molecule has 4 aromatic rings. The average Bonchev–Trinajstić information content (AvgIpc) is 3.28. The van der Waals surface area contributed by atoms with Crippen molar-refractivity contribution in [3.63, 3.8) is 0 Å². The molecule has 0 atom stereocenters. The van der Waals surface area contributed by atoms with Gasteiger partial charge in [0.2, 0.25) is 0 Å². The zero-order valence-electron chi connectivity index (χ0n) is 23.5. The molecule has 2 aromatic heterocycles. The number of hydrogen-bond donors (Lipinski definition) is 1. The number of nitrogens with zero attached hydrogens (tertiary/aromatic N) is 4. The highest BCUT2D eigenvalue weighted by Crippen LogP contribution is 2.25. The molecule has 2 aromatic carbocycles. The van der Waals surface area contributed by atoms with Crippen LogP contribution in [0.15, 0.2) is 77.8 Å². The highest BCUT2D eigenvalue weighted by atomic mass is 32.2. The monoisotopic (exact) mass is 563 g/mol. The van der Waals surface area contributed by atoms with Gasteiger partial charge in [-0.2, -0.15) is 0 Å². The van der Waals surface area contributed by atoms with Crippen molar-refractivity contribution in [1.29, 1.82) is 0 Å². The second kappa shape index (κ2) is 12.6. The Balaban J connectivity index is 1.57. The number of amides is 1. The van der Waals surface area contributed by atoms with E-state index in [4.69, 9.17) is 9.72 Å². The molecule has 9 nitrogen and oxygen atoms in total. The molecule has 1 N–H and O–H groups in total. The van der Waals surface area contributed by atoms with Gasteiger partial charge in [0.05, 0.1) is 28.2 Å². The Morgan fingerprint density at radius 3 is 2.42 bits per heavy atom. The van der Waals surface area contributed by atoms with Gasteiger partial charge < -0.3 is 10.1 Å². The van der Waals surface area contributed by atoms with Crippen LogP contribution in [-0.2, 0) is 27.8 Å². The van der Waals surface area contributed by atoms with Gasteiger partial charge in [0.15, 0.2) is 0 Å². The predicted molar refractivity (Wildman–Crippen MR) is 155 cm³/mol. The van der Waals surface area contributed by atoms with Crippen LogP contribution in [0.5, 0.6) is 0 Å². The van der Waals surface area contributed by atoms with Crippen molar-refractivity contribution in [3.05, 3.63) is 90.0 Å². The highest BCUT2D eigenvalue weighted by molar-refractivity contribution is 7.90. The molecule has 0 spiro atoms. The van der Waals surface area contributed by atoms with E-state index in [1.54, 1.807) is 42.6 Å². The van der Waals surface area contributed by atoms with Gasteiger partial charge in [-0.15, -0.1) is 0 Å². The maximum absolute atomic E-state index is 13.8. The second-order valence-corrected chi connectivity index (χ2v) is 12.5. The minimum absolute atomic E-state index is 0.208. The number of unbranched alkanes of at least 4 members (excludes halogenated alkanes) is 1. The fourth-order valence-electron chi connectivity index (χ4n) is 4.39. The first-order chi connectivity index (χ1) is 19.0. The zero-order valence-corrected chi connectivity index (χ0v) is 24.3. The Hall–Kier alpha value is -3.76. The van der Waals surface area contributed by atoms with Crippen LogP contribution in [0, 0.1) is 6.92 Å². The van der Waals surface area contributed by atoms with Gasteiger partial charge in [0.1, 0.15) is 11.4 Å². The third kappa shape index (κ3) is 7.45. The van der Waals surface area contributed by atoms with E-state index in [1.165, 1.54) is 3.97 Å². The maximum Gasteiger partial charge on any atom is 0.407 e. The summed E-state index contributed by atoms with van der Waals surface area (Å²) < 4.78 is 34.3. The van der Waals surface area contributed by atoms with Crippen molar-refractivity contribution in [1.82, 2.24) is 24.2 Å². The van der Waals surface area contributed by atoms with E-state index < -0.39 is 21.7 Å². The molecule has 0 fully saturated rings. The van der Waals surface area contributed by atoms with Gasteiger partial charge in [0, 0.05) is 19.3 Å². The number of fused-ring (bicyclic) bond motifs is 1. The zero-order chi connectivity index (χ0) is 28.8. The number of hydrogen-bond acceptors (Lipinski definition) is 7. The van der Waals surface area contributed by atoms with Gasteiger partial charge in [-0.3, -0.25) is 9.88 Å². The standard InChI is InChI=1S/C30H37N5O4S/c1-23-13-12-19-31-26(23)21-34(20-11-10-18-32-29(36)39-30(2,3)4)22-28-33-25-16-8-9-17-27(25)35(28)40(37,38)24-14-6-5-7-15-24/h5-9,12-17,19H,10-11,18,20-22H2,1-4H3,(H,32,36). The number of para-hydroxylation sites is 2. The Morgan fingerprint density at radius 1 is 0.975 bits per heavy atom. The number of nitrogens with one attached hydrogen (secondary N) is 1. The van der Waals surface area contributed by atoms with Gasteiger partial charge in [-0.25, -0.2) is 22.2 Å². The van der Waals surface area contributed by atoms with Gasteiger partial charge in [-0.1, -0.05) is 36.4 Å². The minimum atomic E-state index is -3.88.